The zero-order valence-corrected chi connectivity index (χ0v) is 13.8. The highest BCUT2D eigenvalue weighted by atomic mass is 79.9. The van der Waals surface area contributed by atoms with Gasteiger partial charge in [0.05, 0.1) is 21.6 Å². The van der Waals surface area contributed by atoms with E-state index in [1.807, 2.05) is 0 Å². The molecule has 0 atom stereocenters. The summed E-state index contributed by atoms with van der Waals surface area (Å²) in [6.45, 7) is 0.531. The summed E-state index contributed by atoms with van der Waals surface area (Å²) in [5, 5.41) is 17.0. The molecule has 1 aromatic rings. The third-order valence-corrected chi connectivity index (χ3v) is 3.55. The number of carboxylic acid groups (broad SMARTS) is 1. The normalized spacial score (nSPS) is 10.4. The van der Waals surface area contributed by atoms with Crippen LogP contribution in [0.3, 0.4) is 0 Å². The highest BCUT2D eigenvalue weighted by Gasteiger charge is 2.08. The van der Waals surface area contributed by atoms with Gasteiger partial charge in [0.25, 0.3) is 0 Å². The lowest BCUT2D eigenvalue weighted by atomic mass is 10.2. The predicted molar refractivity (Wildman–Crippen MR) is 83.5 cm³/mol. The molecule has 0 saturated carbocycles. The third kappa shape index (κ3) is 5.76. The third-order valence-electron chi connectivity index (χ3n) is 2.37. The maximum absolute atomic E-state index is 10.5. The fraction of sp³-hybridized carbons (Fsp3) is 0.286. The van der Waals surface area contributed by atoms with Gasteiger partial charge in [0.1, 0.15) is 5.75 Å². The molecule has 0 aliphatic heterocycles. The van der Waals surface area contributed by atoms with Crippen molar-refractivity contribution in [3.05, 3.63) is 32.7 Å². The van der Waals surface area contributed by atoms with Crippen LogP contribution in [0.5, 0.6) is 5.75 Å². The maximum atomic E-state index is 10.5. The molecule has 6 heteroatoms. The lowest BCUT2D eigenvalue weighted by molar-refractivity contribution is -0.131. The molecule has 4 nitrogen and oxygen atoms in total. The second-order valence-corrected chi connectivity index (χ2v) is 5.66. The van der Waals surface area contributed by atoms with Crippen LogP contribution in [-0.2, 0) is 4.79 Å². The molecular formula is C14H13Br2NO3. The van der Waals surface area contributed by atoms with Crippen molar-refractivity contribution in [1.29, 1.82) is 5.26 Å². The van der Waals surface area contributed by atoms with Crippen LogP contribution >= 0.6 is 31.9 Å². The van der Waals surface area contributed by atoms with Gasteiger partial charge in [-0.05, 0) is 68.5 Å². The van der Waals surface area contributed by atoms with Crippen molar-refractivity contribution in [2.75, 3.05) is 6.61 Å². The summed E-state index contributed by atoms with van der Waals surface area (Å²) in [5.74, 6) is -0.315. The zero-order valence-electron chi connectivity index (χ0n) is 10.6. The Morgan fingerprint density at radius 2 is 2.00 bits per heavy atom. The van der Waals surface area contributed by atoms with Gasteiger partial charge in [0.2, 0.25) is 0 Å². The van der Waals surface area contributed by atoms with Crippen molar-refractivity contribution >= 4 is 43.9 Å². The average molecular weight is 403 g/mol. The number of rotatable bonds is 7. The Bertz CT molecular complexity index is 527. The van der Waals surface area contributed by atoms with E-state index in [0.717, 1.165) is 33.4 Å². The van der Waals surface area contributed by atoms with Crippen LogP contribution in [-0.4, -0.2) is 17.7 Å². The minimum Gasteiger partial charge on any atom is -0.491 e. The smallest absolute Gasteiger partial charge is 0.328 e. The Morgan fingerprint density at radius 3 is 2.55 bits per heavy atom. The van der Waals surface area contributed by atoms with Crippen LogP contribution in [0.1, 0.15) is 24.8 Å². The first-order chi connectivity index (χ1) is 9.54. The van der Waals surface area contributed by atoms with Gasteiger partial charge in [0, 0.05) is 12.5 Å². The molecule has 0 radical (unpaired) electrons. The maximum Gasteiger partial charge on any atom is 0.328 e. The van der Waals surface area contributed by atoms with Crippen molar-refractivity contribution in [2.45, 2.75) is 19.3 Å². The Hall–Kier alpha value is -1.32. The fourth-order valence-corrected chi connectivity index (χ4v) is 2.91. The summed E-state index contributed by atoms with van der Waals surface area (Å²) in [5.41, 5.74) is 0.753. The number of ether oxygens (including phenoxy) is 1. The van der Waals surface area contributed by atoms with Crippen LogP contribution in [0.2, 0.25) is 0 Å². The highest BCUT2D eigenvalue weighted by molar-refractivity contribution is 9.11. The minimum absolute atomic E-state index is 0.531. The zero-order chi connectivity index (χ0) is 15.0. The average Bonchev–Trinajstić information content (AvgIpc) is 2.38. The molecule has 0 heterocycles. The molecular weight excluding hydrogens is 390 g/mol. The van der Waals surface area contributed by atoms with E-state index in [1.54, 1.807) is 12.1 Å². The monoisotopic (exact) mass is 401 g/mol. The standard InChI is InChI=1S/C14H13Br2NO3/c15-11-8-10(4-5-13(18)19)9-12(16)14(11)20-7-3-1-2-6-17/h4-5,8-9H,1-3,7H2,(H,18,19)/b5-4+. The van der Waals surface area contributed by atoms with Gasteiger partial charge in [-0.15, -0.1) is 0 Å². The summed E-state index contributed by atoms with van der Waals surface area (Å²) in [6.07, 6.45) is 4.74. The number of aliphatic carboxylic acids is 1. The summed E-state index contributed by atoms with van der Waals surface area (Å²) in [7, 11) is 0. The molecule has 0 saturated heterocycles. The summed E-state index contributed by atoms with van der Waals surface area (Å²) in [6, 6.07) is 5.66. The molecule has 0 unspecified atom stereocenters. The van der Waals surface area contributed by atoms with Gasteiger partial charge in [-0.2, -0.15) is 5.26 Å². The molecule has 0 spiro atoms. The van der Waals surface area contributed by atoms with Crippen molar-refractivity contribution in [1.82, 2.24) is 0 Å². The van der Waals surface area contributed by atoms with Crippen LogP contribution in [0, 0.1) is 11.3 Å². The van der Waals surface area contributed by atoms with Gasteiger partial charge >= 0.3 is 5.97 Å². The lowest BCUT2D eigenvalue weighted by Crippen LogP contribution is -1.99. The molecule has 20 heavy (non-hydrogen) atoms. The largest absolute Gasteiger partial charge is 0.491 e. The second kappa shape index (κ2) is 8.77. The first-order valence-corrected chi connectivity index (χ1v) is 7.53. The molecule has 1 aromatic carbocycles. The number of halogens is 2. The predicted octanol–water partition coefficient (Wildman–Crippen LogP) is 4.38. The SMILES string of the molecule is N#CCCCCOc1c(Br)cc(/C=C/C(=O)O)cc1Br. The first kappa shape index (κ1) is 16.7. The number of hydrogen-bond acceptors (Lipinski definition) is 3. The Morgan fingerprint density at radius 1 is 1.35 bits per heavy atom. The Labute approximate surface area is 134 Å². The molecule has 0 aromatic heterocycles. The molecule has 106 valence electrons. The molecule has 0 amide bonds. The molecule has 0 bridgehead atoms. The topological polar surface area (TPSA) is 70.3 Å². The van der Waals surface area contributed by atoms with Gasteiger partial charge in [0.15, 0.2) is 0 Å². The fourth-order valence-electron chi connectivity index (χ4n) is 1.46. The van der Waals surface area contributed by atoms with Crippen LogP contribution in [0.15, 0.2) is 27.2 Å². The van der Waals surface area contributed by atoms with Gasteiger partial charge in [-0.25, -0.2) is 4.79 Å². The van der Waals surface area contributed by atoms with E-state index in [2.05, 4.69) is 37.9 Å². The molecule has 1 rings (SSSR count). The number of unbranched alkanes of at least 4 members (excludes halogenated alkanes) is 2. The van der Waals surface area contributed by atoms with E-state index in [-0.39, 0.29) is 0 Å². The lowest BCUT2D eigenvalue weighted by Gasteiger charge is -2.11. The molecule has 0 fully saturated rings. The number of hydrogen-bond donors (Lipinski definition) is 1. The number of nitrogens with zero attached hydrogens (tertiary/aromatic N) is 1. The quantitative estimate of drug-likeness (QED) is 0.542. The number of carboxylic acids is 1. The Kier molecular flexibility index (Phi) is 7.34. The summed E-state index contributed by atoms with van der Waals surface area (Å²) in [4.78, 5) is 10.5. The van der Waals surface area contributed by atoms with E-state index in [4.69, 9.17) is 15.1 Å². The Balaban J connectivity index is 2.69. The van der Waals surface area contributed by atoms with Crippen LogP contribution in [0.25, 0.3) is 6.08 Å². The van der Waals surface area contributed by atoms with E-state index in [1.165, 1.54) is 6.08 Å². The van der Waals surface area contributed by atoms with Crippen molar-refractivity contribution < 1.29 is 14.6 Å². The van der Waals surface area contributed by atoms with Crippen molar-refractivity contribution in [2.24, 2.45) is 0 Å². The number of nitriles is 1. The van der Waals surface area contributed by atoms with Crippen molar-refractivity contribution in [3.8, 4) is 11.8 Å². The summed E-state index contributed by atoms with van der Waals surface area (Å²) >= 11 is 6.80. The van der Waals surface area contributed by atoms with E-state index in [9.17, 15) is 4.79 Å². The molecule has 0 aliphatic carbocycles. The minimum atomic E-state index is -0.991. The molecule has 1 N–H and O–H groups in total. The van der Waals surface area contributed by atoms with Crippen LogP contribution in [0.4, 0.5) is 0 Å². The van der Waals surface area contributed by atoms with Gasteiger partial charge in [-0.3, -0.25) is 0 Å². The van der Waals surface area contributed by atoms with Crippen LogP contribution < -0.4 is 4.74 Å². The van der Waals surface area contributed by atoms with Gasteiger partial charge in [-0.1, -0.05) is 0 Å². The van der Waals surface area contributed by atoms with E-state index in [0.29, 0.717) is 18.8 Å². The van der Waals surface area contributed by atoms with Gasteiger partial charge < -0.3 is 9.84 Å². The van der Waals surface area contributed by atoms with Crippen molar-refractivity contribution in [3.63, 3.8) is 0 Å². The number of carbonyl (C=O) groups is 1. The molecule has 0 aliphatic rings. The summed E-state index contributed by atoms with van der Waals surface area (Å²) < 4.78 is 7.15. The first-order valence-electron chi connectivity index (χ1n) is 5.94. The number of benzene rings is 1. The van der Waals surface area contributed by atoms with E-state index < -0.39 is 5.97 Å². The second-order valence-electron chi connectivity index (χ2n) is 3.95. The van der Waals surface area contributed by atoms with E-state index >= 15 is 0 Å². The highest BCUT2D eigenvalue weighted by Crippen LogP contribution is 2.35.